The van der Waals surface area contributed by atoms with Gasteiger partial charge in [-0.05, 0) is 12.8 Å². The van der Waals surface area contributed by atoms with Crippen molar-refractivity contribution >= 4 is 9.84 Å². The summed E-state index contributed by atoms with van der Waals surface area (Å²) < 4.78 is 27.3. The Bertz CT molecular complexity index is 276. The minimum absolute atomic E-state index is 0.208. The molecule has 0 heterocycles. The van der Waals surface area contributed by atoms with E-state index in [1.807, 2.05) is 0 Å². The Morgan fingerprint density at radius 1 is 1.33 bits per heavy atom. The molecule has 0 aromatic carbocycles. The van der Waals surface area contributed by atoms with Crippen LogP contribution in [0.25, 0.3) is 0 Å². The highest BCUT2D eigenvalue weighted by Gasteiger charge is 2.24. The molecule has 4 nitrogen and oxygen atoms in total. The van der Waals surface area contributed by atoms with E-state index in [1.165, 1.54) is 19.1 Å². The second kappa shape index (κ2) is 5.82. The van der Waals surface area contributed by atoms with Gasteiger partial charge >= 0.3 is 0 Å². The highest BCUT2D eigenvalue weighted by molar-refractivity contribution is 7.90. The summed E-state index contributed by atoms with van der Waals surface area (Å²) in [4.78, 5) is 0. The van der Waals surface area contributed by atoms with Gasteiger partial charge in [0.15, 0.2) is 0 Å². The second-order valence-electron chi connectivity index (χ2n) is 4.25. The van der Waals surface area contributed by atoms with E-state index < -0.39 is 9.84 Å². The molecule has 0 bridgehead atoms. The fraction of sp³-hybridized carbons (Fsp3) is 1.00. The van der Waals surface area contributed by atoms with Crippen LogP contribution < -0.4 is 5.32 Å². The fourth-order valence-electron chi connectivity index (χ4n) is 2.04. The van der Waals surface area contributed by atoms with Crippen LogP contribution in [0.1, 0.15) is 25.7 Å². The van der Waals surface area contributed by atoms with Gasteiger partial charge in [-0.3, -0.25) is 0 Å². The molecule has 2 unspecified atom stereocenters. The SMILES string of the molecule is COC1CCCCC1NCCS(C)(=O)=O. The van der Waals surface area contributed by atoms with Crippen LogP contribution in [0.2, 0.25) is 0 Å². The summed E-state index contributed by atoms with van der Waals surface area (Å²) in [6, 6.07) is 0.325. The van der Waals surface area contributed by atoms with E-state index in [4.69, 9.17) is 4.74 Å². The van der Waals surface area contributed by atoms with Gasteiger partial charge in [-0.25, -0.2) is 8.42 Å². The average molecular weight is 235 g/mol. The van der Waals surface area contributed by atoms with Crippen molar-refractivity contribution in [3.8, 4) is 0 Å². The van der Waals surface area contributed by atoms with Gasteiger partial charge in [0.1, 0.15) is 9.84 Å². The maximum atomic E-state index is 11.0. The number of nitrogens with one attached hydrogen (secondary N) is 1. The third-order valence-corrected chi connectivity index (χ3v) is 3.83. The monoisotopic (exact) mass is 235 g/mol. The maximum absolute atomic E-state index is 11.0. The molecule has 2 atom stereocenters. The Balaban J connectivity index is 2.29. The zero-order chi connectivity index (χ0) is 11.3. The van der Waals surface area contributed by atoms with Crippen LogP contribution in [0.15, 0.2) is 0 Å². The van der Waals surface area contributed by atoms with E-state index in [9.17, 15) is 8.42 Å². The Hall–Kier alpha value is -0.130. The molecule has 0 amide bonds. The van der Waals surface area contributed by atoms with Gasteiger partial charge in [0.05, 0.1) is 11.9 Å². The standard InChI is InChI=1S/C10H21NO3S/c1-14-10-6-4-3-5-9(10)11-7-8-15(2,12)13/h9-11H,3-8H2,1-2H3. The van der Waals surface area contributed by atoms with Crippen LogP contribution in [-0.2, 0) is 14.6 Å². The third-order valence-electron chi connectivity index (χ3n) is 2.88. The molecule has 5 heteroatoms. The molecule has 0 aromatic heterocycles. The molecule has 0 radical (unpaired) electrons. The number of hydrogen-bond acceptors (Lipinski definition) is 4. The normalized spacial score (nSPS) is 27.9. The summed E-state index contributed by atoms with van der Waals surface area (Å²) in [5.41, 5.74) is 0. The fourth-order valence-corrected chi connectivity index (χ4v) is 2.53. The molecule has 0 saturated heterocycles. The zero-order valence-corrected chi connectivity index (χ0v) is 10.3. The van der Waals surface area contributed by atoms with Crippen molar-refractivity contribution in [3.05, 3.63) is 0 Å². The summed E-state index contributed by atoms with van der Waals surface area (Å²) in [6.07, 6.45) is 6.09. The minimum Gasteiger partial charge on any atom is -0.380 e. The average Bonchev–Trinajstić information content (AvgIpc) is 2.16. The van der Waals surface area contributed by atoms with Gasteiger partial charge in [-0.15, -0.1) is 0 Å². The lowest BCUT2D eigenvalue weighted by atomic mass is 9.92. The van der Waals surface area contributed by atoms with Crippen LogP contribution in [0, 0.1) is 0 Å². The molecule has 1 aliphatic carbocycles. The Labute approximate surface area is 92.3 Å². The van der Waals surface area contributed by atoms with Crippen LogP contribution in [0.5, 0.6) is 0 Å². The van der Waals surface area contributed by atoms with Crippen molar-refractivity contribution in [2.75, 3.05) is 25.7 Å². The first-order valence-corrected chi connectivity index (χ1v) is 7.53. The highest BCUT2D eigenvalue weighted by atomic mass is 32.2. The summed E-state index contributed by atoms with van der Waals surface area (Å²) in [5, 5.41) is 3.27. The van der Waals surface area contributed by atoms with Gasteiger partial charge in [0.2, 0.25) is 0 Å². The van der Waals surface area contributed by atoms with E-state index in [1.54, 1.807) is 7.11 Å². The van der Waals surface area contributed by atoms with E-state index in [0.717, 1.165) is 12.8 Å². The highest BCUT2D eigenvalue weighted by Crippen LogP contribution is 2.20. The molecule has 1 aliphatic rings. The van der Waals surface area contributed by atoms with E-state index in [0.29, 0.717) is 12.6 Å². The lowest BCUT2D eigenvalue weighted by Crippen LogP contribution is -2.44. The van der Waals surface area contributed by atoms with Crippen LogP contribution in [0.4, 0.5) is 0 Å². The van der Waals surface area contributed by atoms with Crippen molar-refractivity contribution in [2.45, 2.75) is 37.8 Å². The lowest BCUT2D eigenvalue weighted by Gasteiger charge is -2.31. The van der Waals surface area contributed by atoms with Crippen LogP contribution in [-0.4, -0.2) is 46.2 Å². The molecular weight excluding hydrogens is 214 g/mol. The van der Waals surface area contributed by atoms with Crippen molar-refractivity contribution in [3.63, 3.8) is 0 Å². The number of hydrogen-bond donors (Lipinski definition) is 1. The van der Waals surface area contributed by atoms with Gasteiger partial charge in [0, 0.05) is 26.0 Å². The number of ether oxygens (including phenoxy) is 1. The summed E-state index contributed by atoms with van der Waals surface area (Å²) >= 11 is 0. The molecule has 15 heavy (non-hydrogen) atoms. The molecule has 1 fully saturated rings. The third kappa shape index (κ3) is 4.95. The largest absolute Gasteiger partial charge is 0.380 e. The predicted octanol–water partition coefficient (Wildman–Crippen LogP) is 0.578. The lowest BCUT2D eigenvalue weighted by molar-refractivity contribution is 0.0426. The van der Waals surface area contributed by atoms with Crippen LogP contribution >= 0.6 is 0 Å². The van der Waals surface area contributed by atoms with Crippen molar-refractivity contribution in [2.24, 2.45) is 0 Å². The molecule has 1 saturated carbocycles. The van der Waals surface area contributed by atoms with Crippen molar-refractivity contribution in [1.82, 2.24) is 5.32 Å². The number of sulfone groups is 1. The molecule has 1 rings (SSSR count). The van der Waals surface area contributed by atoms with E-state index in [2.05, 4.69) is 5.32 Å². The van der Waals surface area contributed by atoms with Crippen molar-refractivity contribution < 1.29 is 13.2 Å². The van der Waals surface area contributed by atoms with Gasteiger partial charge in [-0.1, -0.05) is 12.8 Å². The Morgan fingerprint density at radius 2 is 2.00 bits per heavy atom. The molecular formula is C10H21NO3S. The molecule has 90 valence electrons. The second-order valence-corrected chi connectivity index (χ2v) is 6.51. The minimum atomic E-state index is -2.85. The quantitative estimate of drug-likeness (QED) is 0.757. The molecule has 0 spiro atoms. The van der Waals surface area contributed by atoms with Gasteiger partial charge < -0.3 is 10.1 Å². The Morgan fingerprint density at radius 3 is 2.60 bits per heavy atom. The van der Waals surface area contributed by atoms with Gasteiger partial charge in [0.25, 0.3) is 0 Å². The van der Waals surface area contributed by atoms with Gasteiger partial charge in [-0.2, -0.15) is 0 Å². The molecule has 1 N–H and O–H groups in total. The predicted molar refractivity (Wildman–Crippen MR) is 60.8 cm³/mol. The first-order valence-electron chi connectivity index (χ1n) is 5.47. The first kappa shape index (κ1) is 12.9. The van der Waals surface area contributed by atoms with Crippen LogP contribution in [0.3, 0.4) is 0 Å². The molecule has 0 aromatic rings. The summed E-state index contributed by atoms with van der Waals surface area (Å²) in [5.74, 6) is 0.208. The first-order chi connectivity index (χ1) is 7.03. The van der Waals surface area contributed by atoms with E-state index in [-0.39, 0.29) is 11.9 Å². The maximum Gasteiger partial charge on any atom is 0.148 e. The molecule has 0 aliphatic heterocycles. The smallest absolute Gasteiger partial charge is 0.148 e. The zero-order valence-electron chi connectivity index (χ0n) is 9.53. The topological polar surface area (TPSA) is 55.4 Å². The Kier molecular flexibility index (Phi) is 5.02. The summed E-state index contributed by atoms with van der Waals surface area (Å²) in [7, 11) is -1.13. The number of methoxy groups -OCH3 is 1. The van der Waals surface area contributed by atoms with E-state index >= 15 is 0 Å². The van der Waals surface area contributed by atoms with Crippen molar-refractivity contribution in [1.29, 1.82) is 0 Å². The summed E-state index contributed by atoms with van der Waals surface area (Å²) in [6.45, 7) is 0.531. The number of rotatable bonds is 5.